The van der Waals surface area contributed by atoms with Gasteiger partial charge in [0.15, 0.2) is 0 Å². The van der Waals surface area contributed by atoms with Crippen molar-refractivity contribution in [2.24, 2.45) is 5.73 Å². The monoisotopic (exact) mass is 358 g/mol. The fourth-order valence-electron chi connectivity index (χ4n) is 3.34. The van der Waals surface area contributed by atoms with Crippen LogP contribution in [0.5, 0.6) is 0 Å². The lowest BCUT2D eigenvalue weighted by Gasteiger charge is -2.05. The summed E-state index contributed by atoms with van der Waals surface area (Å²) in [6.07, 6.45) is 4.02. The number of aryl methyl sites for hydroxylation is 1. The number of primary amides is 1. The molecule has 136 valence electrons. The number of carbonyl (C=O) groups excluding carboxylic acids is 1. The molecule has 0 spiro atoms. The van der Waals surface area contributed by atoms with Crippen molar-refractivity contribution in [3.63, 3.8) is 0 Å². The van der Waals surface area contributed by atoms with Gasteiger partial charge in [-0.05, 0) is 48.4 Å². The quantitative estimate of drug-likeness (QED) is 0.526. The van der Waals surface area contributed by atoms with Crippen LogP contribution in [0.4, 0.5) is 0 Å². The van der Waals surface area contributed by atoms with E-state index in [0.29, 0.717) is 5.56 Å². The van der Waals surface area contributed by atoms with Crippen LogP contribution in [0.2, 0.25) is 0 Å². The van der Waals surface area contributed by atoms with Gasteiger partial charge in [-0.1, -0.05) is 31.5 Å². The van der Waals surface area contributed by atoms with E-state index < -0.39 is 5.91 Å². The zero-order chi connectivity index (χ0) is 18.8. The second kappa shape index (κ2) is 7.23. The van der Waals surface area contributed by atoms with E-state index in [2.05, 4.69) is 31.2 Å². The molecule has 2 N–H and O–H groups in total. The molecule has 4 nitrogen and oxygen atoms in total. The highest BCUT2D eigenvalue weighted by Crippen LogP contribution is 2.24. The maximum absolute atomic E-state index is 11.3. The first-order valence-corrected chi connectivity index (χ1v) is 9.33. The van der Waals surface area contributed by atoms with Gasteiger partial charge in [-0.15, -0.1) is 0 Å². The largest absolute Gasteiger partial charge is 0.461 e. The second-order valence-electron chi connectivity index (χ2n) is 6.94. The minimum atomic E-state index is -0.425. The number of hydrogen-bond acceptors (Lipinski definition) is 3. The molecule has 2 aromatic carbocycles. The van der Waals surface area contributed by atoms with E-state index in [0.717, 1.165) is 59.0 Å². The highest BCUT2D eigenvalue weighted by atomic mass is 16.3. The molecule has 0 radical (unpaired) electrons. The Bertz CT molecular complexity index is 1130. The zero-order valence-electron chi connectivity index (χ0n) is 15.4. The number of carbonyl (C=O) groups is 1. The molecule has 0 bridgehead atoms. The van der Waals surface area contributed by atoms with E-state index in [4.69, 9.17) is 15.1 Å². The molecule has 27 heavy (non-hydrogen) atoms. The molecule has 2 aromatic heterocycles. The molecular weight excluding hydrogens is 336 g/mol. The van der Waals surface area contributed by atoms with Gasteiger partial charge in [-0.25, -0.2) is 0 Å². The van der Waals surface area contributed by atoms with Crippen molar-refractivity contribution in [1.82, 2.24) is 4.98 Å². The SMILES string of the molecule is CCCCc1cc2ccc(Cc3ccc4cc(C(N)=O)ccc4n3)cc2o1. The summed E-state index contributed by atoms with van der Waals surface area (Å²) in [5.41, 5.74) is 9.78. The first kappa shape index (κ1) is 17.3. The van der Waals surface area contributed by atoms with E-state index in [-0.39, 0.29) is 0 Å². The van der Waals surface area contributed by atoms with Crippen molar-refractivity contribution < 1.29 is 9.21 Å². The summed E-state index contributed by atoms with van der Waals surface area (Å²) in [4.78, 5) is 16.0. The van der Waals surface area contributed by atoms with Crippen LogP contribution in [0.15, 0.2) is 59.0 Å². The van der Waals surface area contributed by atoms with Crippen molar-refractivity contribution in [1.29, 1.82) is 0 Å². The molecule has 4 heteroatoms. The van der Waals surface area contributed by atoms with Crippen molar-refractivity contribution in [3.8, 4) is 0 Å². The van der Waals surface area contributed by atoms with Gasteiger partial charge in [-0.2, -0.15) is 0 Å². The summed E-state index contributed by atoms with van der Waals surface area (Å²) >= 11 is 0. The number of furan rings is 1. The van der Waals surface area contributed by atoms with Crippen LogP contribution in [0.1, 0.15) is 47.1 Å². The molecule has 0 aliphatic heterocycles. The third kappa shape index (κ3) is 3.70. The Labute approximate surface area is 158 Å². The van der Waals surface area contributed by atoms with Crippen LogP contribution in [0, 0.1) is 0 Å². The summed E-state index contributed by atoms with van der Waals surface area (Å²) in [5.74, 6) is 0.629. The number of nitrogens with zero attached hydrogens (tertiary/aromatic N) is 1. The Morgan fingerprint density at radius 1 is 1.04 bits per heavy atom. The normalized spacial score (nSPS) is 11.3. The summed E-state index contributed by atoms with van der Waals surface area (Å²) in [6, 6.07) is 17.8. The van der Waals surface area contributed by atoms with E-state index in [1.165, 1.54) is 5.56 Å². The third-order valence-electron chi connectivity index (χ3n) is 4.83. The molecule has 0 saturated carbocycles. The lowest BCUT2D eigenvalue weighted by Crippen LogP contribution is -2.10. The first-order chi connectivity index (χ1) is 13.1. The van der Waals surface area contributed by atoms with E-state index in [1.807, 2.05) is 18.2 Å². The number of benzene rings is 2. The molecule has 0 saturated heterocycles. The predicted octanol–water partition coefficient (Wildman–Crippen LogP) is 5.01. The van der Waals surface area contributed by atoms with Gasteiger partial charge in [-0.3, -0.25) is 9.78 Å². The lowest BCUT2D eigenvalue weighted by molar-refractivity contribution is 0.100. The molecule has 2 heterocycles. The minimum Gasteiger partial charge on any atom is -0.461 e. The Hall–Kier alpha value is -3.14. The number of nitrogens with two attached hydrogens (primary N) is 1. The number of fused-ring (bicyclic) bond motifs is 2. The van der Waals surface area contributed by atoms with Crippen molar-refractivity contribution in [3.05, 3.63) is 77.2 Å². The van der Waals surface area contributed by atoms with Gasteiger partial charge < -0.3 is 10.2 Å². The first-order valence-electron chi connectivity index (χ1n) is 9.33. The fraction of sp³-hybridized carbons (Fsp3) is 0.217. The average molecular weight is 358 g/mol. The van der Waals surface area contributed by atoms with Crippen LogP contribution in [-0.2, 0) is 12.8 Å². The lowest BCUT2D eigenvalue weighted by atomic mass is 10.1. The van der Waals surface area contributed by atoms with Gasteiger partial charge in [0.2, 0.25) is 5.91 Å². The number of amides is 1. The molecular formula is C23H22N2O2. The molecule has 0 atom stereocenters. The highest BCUT2D eigenvalue weighted by Gasteiger charge is 2.07. The number of hydrogen-bond donors (Lipinski definition) is 1. The van der Waals surface area contributed by atoms with Crippen LogP contribution in [0.3, 0.4) is 0 Å². The maximum Gasteiger partial charge on any atom is 0.248 e. The summed E-state index contributed by atoms with van der Waals surface area (Å²) in [5, 5.41) is 2.06. The second-order valence-corrected chi connectivity index (χ2v) is 6.94. The summed E-state index contributed by atoms with van der Waals surface area (Å²) in [6.45, 7) is 2.19. The number of aromatic nitrogens is 1. The molecule has 0 aliphatic carbocycles. The third-order valence-corrected chi connectivity index (χ3v) is 4.83. The molecule has 0 unspecified atom stereocenters. The number of pyridine rings is 1. The van der Waals surface area contributed by atoms with Gasteiger partial charge in [0, 0.05) is 34.9 Å². The molecule has 1 amide bonds. The van der Waals surface area contributed by atoms with E-state index in [9.17, 15) is 4.79 Å². The molecule has 4 aromatic rings. The van der Waals surface area contributed by atoms with Gasteiger partial charge >= 0.3 is 0 Å². The summed E-state index contributed by atoms with van der Waals surface area (Å²) < 4.78 is 5.99. The Balaban J connectivity index is 1.59. The highest BCUT2D eigenvalue weighted by molar-refractivity contribution is 5.96. The minimum absolute atomic E-state index is 0.425. The van der Waals surface area contributed by atoms with Crippen LogP contribution in [0.25, 0.3) is 21.9 Å². The van der Waals surface area contributed by atoms with E-state index >= 15 is 0 Å². The fourth-order valence-corrected chi connectivity index (χ4v) is 3.34. The molecule has 0 aliphatic rings. The Morgan fingerprint density at radius 2 is 1.89 bits per heavy atom. The van der Waals surface area contributed by atoms with Gasteiger partial charge in [0.25, 0.3) is 0 Å². The number of rotatable bonds is 6. The van der Waals surface area contributed by atoms with Crippen molar-refractivity contribution >= 4 is 27.8 Å². The van der Waals surface area contributed by atoms with Crippen LogP contribution < -0.4 is 5.73 Å². The van der Waals surface area contributed by atoms with E-state index in [1.54, 1.807) is 12.1 Å². The molecule has 0 fully saturated rings. The Kier molecular flexibility index (Phi) is 4.63. The van der Waals surface area contributed by atoms with Gasteiger partial charge in [0.05, 0.1) is 5.52 Å². The topological polar surface area (TPSA) is 69.1 Å². The predicted molar refractivity (Wildman–Crippen MR) is 108 cm³/mol. The standard InChI is InChI=1S/C23H22N2O2/c1-2-3-4-20-14-17-6-5-15(12-22(17)27-20)11-19-9-7-16-13-18(23(24)26)8-10-21(16)25-19/h5-10,12-14H,2-4,11H2,1H3,(H2,24,26). The number of unbranched alkanes of at least 4 members (excludes halogenated alkanes) is 1. The van der Waals surface area contributed by atoms with Crippen LogP contribution in [-0.4, -0.2) is 10.9 Å². The summed E-state index contributed by atoms with van der Waals surface area (Å²) in [7, 11) is 0. The Morgan fingerprint density at radius 3 is 2.70 bits per heavy atom. The smallest absolute Gasteiger partial charge is 0.248 e. The maximum atomic E-state index is 11.3. The zero-order valence-corrected chi connectivity index (χ0v) is 15.4. The molecule has 4 rings (SSSR count). The average Bonchev–Trinajstić information content (AvgIpc) is 3.08. The van der Waals surface area contributed by atoms with Crippen LogP contribution >= 0.6 is 0 Å². The van der Waals surface area contributed by atoms with Crippen molar-refractivity contribution in [2.75, 3.05) is 0 Å². The van der Waals surface area contributed by atoms with Gasteiger partial charge in [0.1, 0.15) is 11.3 Å². The van der Waals surface area contributed by atoms with Crippen molar-refractivity contribution in [2.45, 2.75) is 32.6 Å².